The summed E-state index contributed by atoms with van der Waals surface area (Å²) in [6.45, 7) is 7.45. The second kappa shape index (κ2) is 9.71. The van der Waals surface area contributed by atoms with Crippen LogP contribution >= 0.6 is 0 Å². The highest BCUT2D eigenvalue weighted by atomic mass is 32.2. The maximum absolute atomic E-state index is 13.2. The zero-order chi connectivity index (χ0) is 25.3. The molecular weight excluding hydrogens is 476 g/mol. The zero-order valence-electron chi connectivity index (χ0n) is 20.5. The fourth-order valence-electron chi connectivity index (χ4n) is 4.11. The smallest absolute Gasteiger partial charge is 0.243 e. The number of nitrogens with zero attached hydrogens (tertiary/aromatic N) is 5. The predicted molar refractivity (Wildman–Crippen MR) is 139 cm³/mol. The molecule has 3 heterocycles. The quantitative estimate of drug-likeness (QED) is 0.414. The van der Waals surface area contributed by atoms with Gasteiger partial charge in [-0.15, -0.1) is 0 Å². The number of rotatable bonds is 6. The second-order valence-electron chi connectivity index (χ2n) is 8.85. The van der Waals surface area contributed by atoms with E-state index in [0.29, 0.717) is 49.5 Å². The Morgan fingerprint density at radius 2 is 1.56 bits per heavy atom. The summed E-state index contributed by atoms with van der Waals surface area (Å²) in [6, 6.07) is 16.7. The number of hydrogen-bond acceptors (Lipinski definition) is 8. The molecule has 9 nitrogen and oxygen atoms in total. The van der Waals surface area contributed by atoms with Gasteiger partial charge in [0.25, 0.3) is 0 Å². The molecule has 1 N–H and O–H groups in total. The van der Waals surface area contributed by atoms with Gasteiger partial charge in [0, 0.05) is 56.1 Å². The largest absolute Gasteiger partial charge is 0.449 e. The van der Waals surface area contributed by atoms with Crippen LogP contribution in [0.1, 0.15) is 17.1 Å². The minimum absolute atomic E-state index is 0.260. The molecule has 0 amide bonds. The average Bonchev–Trinajstić information content (AvgIpc) is 3.31. The summed E-state index contributed by atoms with van der Waals surface area (Å²) in [4.78, 5) is 15.8. The second-order valence-corrected chi connectivity index (χ2v) is 10.8. The van der Waals surface area contributed by atoms with E-state index in [1.54, 1.807) is 37.5 Å². The van der Waals surface area contributed by atoms with Crippen LogP contribution in [0.2, 0.25) is 0 Å². The molecule has 1 fully saturated rings. The van der Waals surface area contributed by atoms with Crippen LogP contribution < -0.4 is 10.2 Å². The summed E-state index contributed by atoms with van der Waals surface area (Å²) in [6.07, 6.45) is 1.56. The maximum atomic E-state index is 13.2. The van der Waals surface area contributed by atoms with Crippen molar-refractivity contribution in [2.24, 2.45) is 0 Å². The van der Waals surface area contributed by atoms with E-state index in [1.807, 2.05) is 49.1 Å². The third-order valence-corrected chi connectivity index (χ3v) is 8.01. The Hall–Kier alpha value is -3.76. The van der Waals surface area contributed by atoms with Crippen molar-refractivity contribution < 1.29 is 12.8 Å². The molecule has 36 heavy (non-hydrogen) atoms. The van der Waals surface area contributed by atoms with E-state index in [-0.39, 0.29) is 4.90 Å². The number of nitrogens with one attached hydrogen (secondary N) is 1. The van der Waals surface area contributed by atoms with Gasteiger partial charge >= 0.3 is 0 Å². The summed E-state index contributed by atoms with van der Waals surface area (Å²) in [5.41, 5.74) is 4.47. The molecule has 0 radical (unpaired) electrons. The first-order chi connectivity index (χ1) is 17.3. The van der Waals surface area contributed by atoms with E-state index in [0.717, 1.165) is 16.9 Å². The van der Waals surface area contributed by atoms with Crippen molar-refractivity contribution in [1.29, 1.82) is 0 Å². The van der Waals surface area contributed by atoms with Crippen LogP contribution in [0.5, 0.6) is 0 Å². The van der Waals surface area contributed by atoms with Crippen molar-refractivity contribution in [3.63, 3.8) is 0 Å². The van der Waals surface area contributed by atoms with Crippen LogP contribution in [-0.4, -0.2) is 53.9 Å². The molecule has 0 atom stereocenters. The lowest BCUT2D eigenvalue weighted by Gasteiger charge is -2.34. The van der Waals surface area contributed by atoms with E-state index in [9.17, 15) is 8.42 Å². The van der Waals surface area contributed by atoms with Gasteiger partial charge in [-0.05, 0) is 38.1 Å². The van der Waals surface area contributed by atoms with Crippen LogP contribution in [0.3, 0.4) is 0 Å². The fraction of sp³-hybridized carbons (Fsp3) is 0.269. The Kier molecular flexibility index (Phi) is 6.46. The van der Waals surface area contributed by atoms with Crippen molar-refractivity contribution in [3.05, 3.63) is 78.0 Å². The number of benzene rings is 2. The number of hydrogen-bond donors (Lipinski definition) is 1. The maximum Gasteiger partial charge on any atom is 0.243 e. The summed E-state index contributed by atoms with van der Waals surface area (Å²) < 4.78 is 33.3. The van der Waals surface area contributed by atoms with Crippen molar-refractivity contribution in [1.82, 2.24) is 19.3 Å². The van der Waals surface area contributed by atoms with E-state index in [4.69, 9.17) is 4.42 Å². The highest BCUT2D eigenvalue weighted by Crippen LogP contribution is 2.25. The summed E-state index contributed by atoms with van der Waals surface area (Å²) in [5, 5.41) is 3.33. The summed E-state index contributed by atoms with van der Waals surface area (Å²) >= 11 is 0. The number of sulfonamides is 1. The van der Waals surface area contributed by atoms with Gasteiger partial charge in [0.05, 0.1) is 4.90 Å². The molecule has 5 rings (SSSR count). The van der Waals surface area contributed by atoms with Crippen LogP contribution in [0, 0.1) is 20.8 Å². The minimum atomic E-state index is -3.61. The molecule has 1 aliphatic heterocycles. The van der Waals surface area contributed by atoms with Gasteiger partial charge in [0.2, 0.25) is 16.0 Å². The molecule has 2 aromatic carbocycles. The molecule has 0 saturated carbocycles. The van der Waals surface area contributed by atoms with Crippen molar-refractivity contribution in [2.45, 2.75) is 25.7 Å². The predicted octanol–water partition coefficient (Wildman–Crippen LogP) is 4.31. The lowest BCUT2D eigenvalue weighted by atomic mass is 10.2. The Balaban J connectivity index is 1.26. The number of aromatic nitrogens is 3. The third kappa shape index (κ3) is 5.09. The van der Waals surface area contributed by atoms with Crippen LogP contribution in [0.25, 0.3) is 11.3 Å². The number of aryl methyl sites for hydroxylation is 3. The highest BCUT2D eigenvalue weighted by Gasteiger charge is 2.29. The molecule has 186 valence electrons. The van der Waals surface area contributed by atoms with Gasteiger partial charge in [-0.25, -0.2) is 18.4 Å². The van der Waals surface area contributed by atoms with Crippen molar-refractivity contribution in [3.8, 4) is 11.3 Å². The molecule has 4 aromatic rings. The first-order valence-electron chi connectivity index (χ1n) is 11.7. The molecule has 2 aromatic heterocycles. The normalized spacial score (nSPS) is 14.7. The Bertz CT molecular complexity index is 1460. The molecule has 1 aliphatic rings. The van der Waals surface area contributed by atoms with Gasteiger partial charge in [0.15, 0.2) is 5.89 Å². The monoisotopic (exact) mass is 504 g/mol. The molecule has 1 saturated heterocycles. The van der Waals surface area contributed by atoms with E-state index in [2.05, 4.69) is 20.3 Å². The number of oxazole rings is 1. The summed E-state index contributed by atoms with van der Waals surface area (Å²) in [5.74, 6) is 1.86. The molecule has 0 unspecified atom stereocenters. The van der Waals surface area contributed by atoms with Crippen molar-refractivity contribution in [2.75, 3.05) is 36.4 Å². The SMILES string of the molecule is Cc1ccc(Nc2cc(C)nc(N3CCN(S(=O)(=O)c4ccc(-c5coc(C)n5)cc4)CC3)n2)cc1. The standard InChI is InChI=1S/C26H28N6O3S/c1-18-4-8-22(9-5-18)29-25-16-19(2)27-26(30-25)31-12-14-32(15-13-31)36(33,34)23-10-6-21(7-11-23)24-17-35-20(3)28-24/h4-11,16-17H,12-15H2,1-3H3,(H,27,29,30). The van der Waals surface area contributed by atoms with Gasteiger partial charge in [-0.3, -0.25) is 0 Å². The van der Waals surface area contributed by atoms with E-state index >= 15 is 0 Å². The topological polar surface area (TPSA) is 104 Å². The Morgan fingerprint density at radius 3 is 2.19 bits per heavy atom. The third-order valence-electron chi connectivity index (χ3n) is 6.09. The van der Waals surface area contributed by atoms with Gasteiger partial charge < -0.3 is 14.6 Å². The molecule has 0 aliphatic carbocycles. The zero-order valence-corrected chi connectivity index (χ0v) is 21.3. The molecule has 0 bridgehead atoms. The highest BCUT2D eigenvalue weighted by molar-refractivity contribution is 7.89. The lowest BCUT2D eigenvalue weighted by molar-refractivity contribution is 0.382. The van der Waals surface area contributed by atoms with Crippen LogP contribution in [0.4, 0.5) is 17.5 Å². The van der Waals surface area contributed by atoms with Gasteiger partial charge in [-0.1, -0.05) is 29.8 Å². The number of anilines is 3. The van der Waals surface area contributed by atoms with Crippen LogP contribution in [-0.2, 0) is 10.0 Å². The molecular formula is C26H28N6O3S. The van der Waals surface area contributed by atoms with E-state index < -0.39 is 10.0 Å². The van der Waals surface area contributed by atoms with Crippen LogP contribution in [0.15, 0.2) is 70.2 Å². The minimum Gasteiger partial charge on any atom is -0.449 e. The fourth-order valence-corrected chi connectivity index (χ4v) is 5.54. The van der Waals surface area contributed by atoms with Crippen molar-refractivity contribution >= 4 is 27.5 Å². The first-order valence-corrected chi connectivity index (χ1v) is 13.2. The molecule has 10 heteroatoms. The molecule has 0 spiro atoms. The number of piperazine rings is 1. The van der Waals surface area contributed by atoms with Gasteiger partial charge in [0.1, 0.15) is 17.8 Å². The lowest BCUT2D eigenvalue weighted by Crippen LogP contribution is -2.49. The first kappa shape index (κ1) is 24.0. The Morgan fingerprint density at radius 1 is 0.861 bits per heavy atom. The summed E-state index contributed by atoms with van der Waals surface area (Å²) in [7, 11) is -3.61. The Labute approximate surface area is 210 Å². The van der Waals surface area contributed by atoms with Gasteiger partial charge in [-0.2, -0.15) is 9.29 Å². The van der Waals surface area contributed by atoms with E-state index in [1.165, 1.54) is 9.87 Å². The average molecular weight is 505 g/mol.